The topological polar surface area (TPSA) is 105 Å². The van der Waals surface area contributed by atoms with Crippen LogP contribution in [0.25, 0.3) is 0 Å². The Hall–Kier alpha value is -3.82. The number of ether oxygens (including phenoxy) is 1. The maximum Gasteiger partial charge on any atom is 0.261 e. The number of nitrogens with one attached hydrogen (secondary N) is 2. The number of thiophene rings is 1. The molecule has 0 aliphatic carbocycles. The second-order valence-corrected chi connectivity index (χ2v) is 9.67. The Labute approximate surface area is 219 Å². The summed E-state index contributed by atoms with van der Waals surface area (Å²) in [4.78, 5) is 53.5. The van der Waals surface area contributed by atoms with Crippen molar-refractivity contribution < 1.29 is 23.9 Å². The Morgan fingerprint density at radius 1 is 1.00 bits per heavy atom. The summed E-state index contributed by atoms with van der Waals surface area (Å²) in [7, 11) is 0. The second kappa shape index (κ2) is 12.4. The number of Topliss-reactive ketones (excluding diaryl/α,β-unsaturated/α-hetero) is 1. The van der Waals surface area contributed by atoms with Gasteiger partial charge in [0.2, 0.25) is 11.8 Å². The van der Waals surface area contributed by atoms with Gasteiger partial charge in [-0.2, -0.15) is 0 Å². The number of ketones is 1. The van der Waals surface area contributed by atoms with Gasteiger partial charge in [0.05, 0.1) is 17.5 Å². The molecule has 192 valence electrons. The summed E-state index contributed by atoms with van der Waals surface area (Å²) >= 11 is 1.27. The van der Waals surface area contributed by atoms with Crippen molar-refractivity contribution >= 4 is 40.5 Å². The zero-order valence-corrected chi connectivity index (χ0v) is 21.3. The molecular formula is C28H29N3O5S. The summed E-state index contributed by atoms with van der Waals surface area (Å²) in [5.41, 5.74) is 1.53. The molecule has 2 aromatic carbocycles. The van der Waals surface area contributed by atoms with Gasteiger partial charge in [0.25, 0.3) is 5.91 Å². The Morgan fingerprint density at radius 3 is 2.38 bits per heavy atom. The summed E-state index contributed by atoms with van der Waals surface area (Å²) in [5.74, 6) is -1.31. The first-order chi connectivity index (χ1) is 17.9. The molecule has 1 aromatic heterocycles. The van der Waals surface area contributed by atoms with E-state index in [1.54, 1.807) is 66.0 Å². The lowest BCUT2D eigenvalue weighted by molar-refractivity contribution is -0.126. The Kier molecular flexibility index (Phi) is 8.81. The van der Waals surface area contributed by atoms with E-state index in [1.807, 2.05) is 6.07 Å². The predicted octanol–water partition coefficient (Wildman–Crippen LogP) is 3.75. The van der Waals surface area contributed by atoms with Crippen molar-refractivity contribution in [2.24, 2.45) is 0 Å². The van der Waals surface area contributed by atoms with Crippen molar-refractivity contribution in [3.63, 3.8) is 0 Å². The molecule has 3 aromatic rings. The van der Waals surface area contributed by atoms with Crippen LogP contribution in [-0.2, 0) is 14.3 Å². The van der Waals surface area contributed by atoms with Crippen molar-refractivity contribution in [2.45, 2.75) is 31.9 Å². The minimum Gasteiger partial charge on any atom is -0.376 e. The number of nitrogens with zero attached hydrogens (tertiary/aromatic N) is 1. The zero-order valence-electron chi connectivity index (χ0n) is 20.5. The van der Waals surface area contributed by atoms with E-state index in [0.29, 0.717) is 34.8 Å². The summed E-state index contributed by atoms with van der Waals surface area (Å²) in [6, 6.07) is 17.9. The highest BCUT2D eigenvalue weighted by Crippen LogP contribution is 2.29. The van der Waals surface area contributed by atoms with E-state index in [9.17, 15) is 19.2 Å². The third kappa shape index (κ3) is 6.69. The van der Waals surface area contributed by atoms with Gasteiger partial charge < -0.3 is 15.4 Å². The summed E-state index contributed by atoms with van der Waals surface area (Å²) in [6.07, 6.45) is 1.74. The van der Waals surface area contributed by atoms with Gasteiger partial charge in [-0.05, 0) is 61.0 Å². The Balaban J connectivity index is 1.65. The molecule has 1 aliphatic rings. The molecule has 2 N–H and O–H groups in total. The molecule has 0 saturated carbocycles. The number of benzene rings is 2. The fraction of sp³-hybridized carbons (Fsp3) is 0.286. The van der Waals surface area contributed by atoms with E-state index in [-0.39, 0.29) is 30.2 Å². The lowest BCUT2D eigenvalue weighted by atomic mass is 10.0. The molecule has 3 amide bonds. The van der Waals surface area contributed by atoms with Crippen molar-refractivity contribution in [3.8, 4) is 0 Å². The standard InChI is InChI=1S/C28H29N3O5S/c1-19(32)20-11-13-22(14-12-20)31(25(33)18-30-27(34)24-10-6-16-37-24)26(21-7-3-2-4-8-21)28(35)29-17-23-9-5-15-36-23/h2-4,6-8,10-14,16,23,26H,5,9,15,17-18H2,1H3,(H,29,35)(H,30,34)/t23-,26-/m1/s1. The van der Waals surface area contributed by atoms with Gasteiger partial charge in [-0.3, -0.25) is 24.1 Å². The second-order valence-electron chi connectivity index (χ2n) is 8.72. The van der Waals surface area contributed by atoms with Crippen LogP contribution in [0.15, 0.2) is 72.1 Å². The number of carbonyl (C=O) groups is 4. The smallest absolute Gasteiger partial charge is 0.261 e. The molecule has 4 rings (SSSR count). The van der Waals surface area contributed by atoms with Crippen molar-refractivity contribution in [2.75, 3.05) is 24.6 Å². The molecule has 1 fully saturated rings. The molecule has 1 aliphatic heterocycles. The molecule has 0 spiro atoms. The number of hydrogen-bond donors (Lipinski definition) is 2. The third-order valence-corrected chi connectivity index (χ3v) is 6.98. The van der Waals surface area contributed by atoms with Gasteiger partial charge in [-0.15, -0.1) is 11.3 Å². The summed E-state index contributed by atoms with van der Waals surface area (Å²) in [6.45, 7) is 2.15. The van der Waals surface area contributed by atoms with Crippen LogP contribution >= 0.6 is 11.3 Å². The fourth-order valence-corrected chi connectivity index (χ4v) is 4.84. The first-order valence-electron chi connectivity index (χ1n) is 12.1. The van der Waals surface area contributed by atoms with Crippen LogP contribution in [-0.4, -0.2) is 49.3 Å². The highest BCUT2D eigenvalue weighted by atomic mass is 32.1. The normalized spacial score (nSPS) is 15.5. The highest BCUT2D eigenvalue weighted by molar-refractivity contribution is 7.12. The van der Waals surface area contributed by atoms with E-state index < -0.39 is 11.9 Å². The van der Waals surface area contributed by atoms with E-state index in [0.717, 1.165) is 12.8 Å². The van der Waals surface area contributed by atoms with Gasteiger partial charge in [0.15, 0.2) is 5.78 Å². The minimum atomic E-state index is -1.00. The van der Waals surface area contributed by atoms with Crippen LogP contribution in [0, 0.1) is 0 Å². The Morgan fingerprint density at radius 2 is 1.76 bits per heavy atom. The monoisotopic (exact) mass is 519 g/mol. The lowest BCUT2D eigenvalue weighted by Crippen LogP contribution is -2.48. The van der Waals surface area contributed by atoms with Gasteiger partial charge >= 0.3 is 0 Å². The van der Waals surface area contributed by atoms with E-state index in [1.165, 1.54) is 23.2 Å². The molecule has 9 heteroatoms. The van der Waals surface area contributed by atoms with Gasteiger partial charge in [-0.1, -0.05) is 36.4 Å². The SMILES string of the molecule is CC(=O)c1ccc(N(C(=O)CNC(=O)c2cccs2)[C@@H](C(=O)NC[C@H]2CCCO2)c2ccccc2)cc1. The van der Waals surface area contributed by atoms with Crippen LogP contribution in [0.4, 0.5) is 5.69 Å². The zero-order chi connectivity index (χ0) is 26.2. The summed E-state index contributed by atoms with van der Waals surface area (Å²) in [5, 5.41) is 7.39. The van der Waals surface area contributed by atoms with Crippen LogP contribution < -0.4 is 15.5 Å². The van der Waals surface area contributed by atoms with E-state index >= 15 is 0 Å². The Bertz CT molecular complexity index is 1220. The number of amides is 3. The molecule has 0 unspecified atom stereocenters. The minimum absolute atomic E-state index is 0.0653. The average molecular weight is 520 g/mol. The quantitative estimate of drug-likeness (QED) is 0.397. The molecule has 2 heterocycles. The molecule has 0 bridgehead atoms. The lowest BCUT2D eigenvalue weighted by Gasteiger charge is -2.32. The van der Waals surface area contributed by atoms with E-state index in [2.05, 4.69) is 10.6 Å². The highest BCUT2D eigenvalue weighted by Gasteiger charge is 2.33. The fourth-order valence-electron chi connectivity index (χ4n) is 4.20. The van der Waals surface area contributed by atoms with Crippen molar-refractivity contribution in [1.29, 1.82) is 0 Å². The predicted molar refractivity (Wildman–Crippen MR) is 142 cm³/mol. The maximum absolute atomic E-state index is 13.7. The van der Waals surface area contributed by atoms with Gasteiger partial charge in [0.1, 0.15) is 6.04 Å². The third-order valence-electron chi connectivity index (χ3n) is 6.12. The van der Waals surface area contributed by atoms with Crippen LogP contribution in [0.5, 0.6) is 0 Å². The van der Waals surface area contributed by atoms with E-state index in [4.69, 9.17) is 4.74 Å². The first-order valence-corrected chi connectivity index (χ1v) is 13.0. The van der Waals surface area contributed by atoms with Gasteiger partial charge in [-0.25, -0.2) is 0 Å². The van der Waals surface area contributed by atoms with Crippen molar-refractivity contribution in [1.82, 2.24) is 10.6 Å². The number of hydrogen-bond acceptors (Lipinski definition) is 6. The van der Waals surface area contributed by atoms with Crippen LogP contribution in [0.2, 0.25) is 0 Å². The molecular weight excluding hydrogens is 490 g/mol. The maximum atomic E-state index is 13.7. The largest absolute Gasteiger partial charge is 0.376 e. The first kappa shape index (κ1) is 26.2. The van der Waals surface area contributed by atoms with Crippen LogP contribution in [0.3, 0.4) is 0 Å². The van der Waals surface area contributed by atoms with Crippen LogP contribution in [0.1, 0.15) is 51.4 Å². The molecule has 2 atom stereocenters. The number of carbonyl (C=O) groups excluding carboxylic acids is 4. The van der Waals surface area contributed by atoms with Gasteiger partial charge in [0, 0.05) is 24.4 Å². The van der Waals surface area contributed by atoms with Crippen molar-refractivity contribution in [3.05, 3.63) is 88.1 Å². The average Bonchev–Trinajstić information content (AvgIpc) is 3.64. The number of anilines is 1. The molecule has 8 nitrogen and oxygen atoms in total. The number of rotatable bonds is 10. The summed E-state index contributed by atoms with van der Waals surface area (Å²) < 4.78 is 5.64. The molecule has 0 radical (unpaired) electrons. The molecule has 1 saturated heterocycles. The molecule has 37 heavy (non-hydrogen) atoms.